The number of anilines is 1. The van der Waals surface area contributed by atoms with Crippen LogP contribution in [0.3, 0.4) is 0 Å². The molecule has 0 unspecified atom stereocenters. The van der Waals surface area contributed by atoms with Crippen LogP contribution in [-0.4, -0.2) is 36.0 Å². The van der Waals surface area contributed by atoms with E-state index < -0.39 is 11.2 Å². The largest absolute Gasteiger partial charge is 0.493 e. The summed E-state index contributed by atoms with van der Waals surface area (Å²) in [5, 5.41) is 5.87. The van der Waals surface area contributed by atoms with Gasteiger partial charge in [0.05, 0.1) is 19.9 Å². The van der Waals surface area contributed by atoms with E-state index in [-0.39, 0.29) is 0 Å². The van der Waals surface area contributed by atoms with Crippen molar-refractivity contribution in [2.45, 2.75) is 13.8 Å². The van der Waals surface area contributed by atoms with Crippen LogP contribution in [-0.2, 0) is 7.05 Å². The topological polar surface area (TPSA) is 88.9 Å². The lowest BCUT2D eigenvalue weighted by molar-refractivity contribution is 0.311. The third-order valence-electron chi connectivity index (χ3n) is 3.54. The van der Waals surface area contributed by atoms with E-state index in [1.165, 1.54) is 18.1 Å². The lowest BCUT2D eigenvalue weighted by atomic mass is 10.2. The number of H-pyrrole nitrogens is 1. The Hall–Kier alpha value is -3.03. The first-order valence-electron chi connectivity index (χ1n) is 7.92. The Labute approximate surface area is 145 Å². The first-order valence-corrected chi connectivity index (χ1v) is 7.92. The molecule has 134 valence electrons. The second-order valence-electron chi connectivity index (χ2n) is 5.16. The number of ether oxygens (including phenoxy) is 2. The van der Waals surface area contributed by atoms with E-state index in [2.05, 4.69) is 10.1 Å². The molecular weight excluding hydrogens is 324 g/mol. The third-order valence-corrected chi connectivity index (χ3v) is 3.54. The summed E-state index contributed by atoms with van der Waals surface area (Å²) in [6.45, 7) is 4.79. The number of benzene rings is 1. The maximum atomic E-state index is 11.8. The molecule has 0 radical (unpaired) electrons. The van der Waals surface area contributed by atoms with Gasteiger partial charge in [-0.05, 0) is 37.6 Å². The van der Waals surface area contributed by atoms with Crippen molar-refractivity contribution < 1.29 is 9.47 Å². The highest BCUT2D eigenvalue weighted by Crippen LogP contribution is 2.27. The molecule has 0 atom stereocenters. The number of nitrogens with zero attached hydrogens (tertiary/aromatic N) is 3. The molecule has 0 aliphatic rings. The predicted octanol–water partition coefficient (Wildman–Crippen LogP) is 1.34. The van der Waals surface area contributed by atoms with E-state index in [1.54, 1.807) is 25.5 Å². The molecular formula is C17H22N4O4. The molecule has 1 aromatic heterocycles. The number of hydrogen-bond acceptors (Lipinski definition) is 6. The highest BCUT2D eigenvalue weighted by Gasteiger charge is 2.08. The van der Waals surface area contributed by atoms with Gasteiger partial charge in [0.2, 0.25) is 0 Å². The molecule has 0 spiro atoms. The van der Waals surface area contributed by atoms with Crippen molar-refractivity contribution in [3.05, 3.63) is 50.7 Å². The van der Waals surface area contributed by atoms with Crippen LogP contribution >= 0.6 is 0 Å². The van der Waals surface area contributed by atoms with Crippen molar-refractivity contribution >= 4 is 12.0 Å². The molecule has 0 amide bonds. The maximum absolute atomic E-state index is 11.8. The number of aromatic nitrogens is 2. The van der Waals surface area contributed by atoms with Gasteiger partial charge in [-0.3, -0.25) is 14.3 Å². The summed E-state index contributed by atoms with van der Waals surface area (Å²) in [4.78, 5) is 26.1. The molecule has 1 heterocycles. The van der Waals surface area contributed by atoms with Gasteiger partial charge in [-0.15, -0.1) is 0 Å². The first-order chi connectivity index (χ1) is 12.0. The summed E-state index contributed by atoms with van der Waals surface area (Å²) in [6.07, 6.45) is 1.62. The van der Waals surface area contributed by atoms with Gasteiger partial charge in [-0.2, -0.15) is 5.10 Å². The third kappa shape index (κ3) is 4.28. The van der Waals surface area contributed by atoms with Crippen molar-refractivity contribution in [3.63, 3.8) is 0 Å². The van der Waals surface area contributed by atoms with Crippen LogP contribution in [0.15, 0.2) is 39.0 Å². The van der Waals surface area contributed by atoms with Gasteiger partial charge < -0.3 is 9.47 Å². The van der Waals surface area contributed by atoms with Gasteiger partial charge in [0.25, 0.3) is 5.56 Å². The fourth-order valence-corrected chi connectivity index (χ4v) is 2.17. The van der Waals surface area contributed by atoms with Gasteiger partial charge in [0.15, 0.2) is 11.5 Å². The monoisotopic (exact) mass is 346 g/mol. The first kappa shape index (κ1) is 18.3. The maximum Gasteiger partial charge on any atom is 0.329 e. The smallest absolute Gasteiger partial charge is 0.329 e. The van der Waals surface area contributed by atoms with Crippen LogP contribution in [0.25, 0.3) is 0 Å². The summed E-state index contributed by atoms with van der Waals surface area (Å²) < 4.78 is 11.8. The van der Waals surface area contributed by atoms with E-state index in [0.29, 0.717) is 30.5 Å². The van der Waals surface area contributed by atoms with Gasteiger partial charge in [-0.25, -0.2) is 9.80 Å². The molecule has 1 aromatic carbocycles. The second-order valence-corrected chi connectivity index (χ2v) is 5.16. The van der Waals surface area contributed by atoms with Crippen LogP contribution in [0.2, 0.25) is 0 Å². The van der Waals surface area contributed by atoms with Gasteiger partial charge >= 0.3 is 5.69 Å². The summed E-state index contributed by atoms with van der Waals surface area (Å²) in [5.74, 6) is 1.60. The Kier molecular flexibility index (Phi) is 5.99. The Balaban J connectivity index is 2.30. The molecule has 0 aliphatic carbocycles. The van der Waals surface area contributed by atoms with Gasteiger partial charge in [-0.1, -0.05) is 0 Å². The second kappa shape index (κ2) is 8.18. The normalized spacial score (nSPS) is 10.9. The molecule has 8 nitrogen and oxygen atoms in total. The van der Waals surface area contributed by atoms with Crippen molar-refractivity contribution in [3.8, 4) is 11.5 Å². The Morgan fingerprint density at radius 1 is 1.24 bits per heavy atom. The summed E-state index contributed by atoms with van der Waals surface area (Å²) >= 11 is 0. The van der Waals surface area contributed by atoms with Crippen LogP contribution in [0, 0.1) is 0 Å². The van der Waals surface area contributed by atoms with E-state index in [1.807, 2.05) is 19.9 Å². The van der Waals surface area contributed by atoms with Crippen molar-refractivity contribution in [2.24, 2.45) is 12.1 Å². The van der Waals surface area contributed by atoms with Gasteiger partial charge in [0, 0.05) is 19.7 Å². The molecule has 0 bridgehead atoms. The van der Waals surface area contributed by atoms with E-state index >= 15 is 0 Å². The number of hydrogen-bond donors (Lipinski definition) is 1. The highest BCUT2D eigenvalue weighted by atomic mass is 16.5. The van der Waals surface area contributed by atoms with E-state index in [4.69, 9.17) is 9.47 Å². The average Bonchev–Trinajstić information content (AvgIpc) is 2.61. The summed E-state index contributed by atoms with van der Waals surface area (Å²) in [7, 11) is 2.98. The van der Waals surface area contributed by atoms with E-state index in [9.17, 15) is 9.59 Å². The highest BCUT2D eigenvalue weighted by molar-refractivity contribution is 5.81. The van der Waals surface area contributed by atoms with Gasteiger partial charge in [0.1, 0.15) is 5.82 Å². The molecule has 2 aromatic rings. The molecule has 0 fully saturated rings. The minimum Gasteiger partial charge on any atom is -0.493 e. The zero-order chi connectivity index (χ0) is 18.4. The minimum absolute atomic E-state index is 0.338. The Bertz CT molecular complexity index is 838. The Morgan fingerprint density at radius 3 is 2.60 bits per heavy atom. The molecule has 0 saturated heterocycles. The standard InChI is InChI=1S/C17H22N4O4/c1-5-21(15-10-16(22)20(3)17(23)19-15)18-11-12-7-8-13(25-6-2)14(9-12)24-4/h7-11H,5-6H2,1-4H3,(H,19,23)/b18-11-. The average molecular weight is 346 g/mol. The van der Waals surface area contributed by atoms with Crippen LogP contribution < -0.4 is 25.7 Å². The molecule has 0 saturated carbocycles. The number of rotatable bonds is 7. The molecule has 25 heavy (non-hydrogen) atoms. The molecule has 8 heteroatoms. The minimum atomic E-state index is -0.487. The lowest BCUT2D eigenvalue weighted by Crippen LogP contribution is -2.34. The summed E-state index contributed by atoms with van der Waals surface area (Å²) in [6, 6.07) is 6.79. The Morgan fingerprint density at radius 2 is 2.00 bits per heavy atom. The van der Waals surface area contributed by atoms with Crippen LogP contribution in [0.5, 0.6) is 11.5 Å². The lowest BCUT2D eigenvalue weighted by Gasteiger charge is -2.16. The number of nitrogens with one attached hydrogen (secondary N) is 1. The fourth-order valence-electron chi connectivity index (χ4n) is 2.17. The van der Waals surface area contributed by atoms with Crippen LogP contribution in [0.1, 0.15) is 19.4 Å². The zero-order valence-corrected chi connectivity index (χ0v) is 14.8. The molecule has 1 N–H and O–H groups in total. The quantitative estimate of drug-likeness (QED) is 0.604. The molecule has 0 aliphatic heterocycles. The summed E-state index contributed by atoms with van der Waals surface area (Å²) in [5.41, 5.74) is -0.0843. The molecule has 2 rings (SSSR count). The van der Waals surface area contributed by atoms with Crippen molar-refractivity contribution in [2.75, 3.05) is 25.3 Å². The fraction of sp³-hybridized carbons (Fsp3) is 0.353. The van der Waals surface area contributed by atoms with Crippen molar-refractivity contribution in [1.82, 2.24) is 9.55 Å². The zero-order valence-electron chi connectivity index (χ0n) is 14.8. The number of hydrazone groups is 1. The van der Waals surface area contributed by atoms with Crippen LogP contribution in [0.4, 0.5) is 5.82 Å². The van der Waals surface area contributed by atoms with E-state index in [0.717, 1.165) is 10.1 Å². The number of aromatic amines is 1. The predicted molar refractivity (Wildman–Crippen MR) is 97.1 cm³/mol. The van der Waals surface area contributed by atoms with Crippen molar-refractivity contribution in [1.29, 1.82) is 0 Å². The number of methoxy groups -OCH3 is 1. The SMILES string of the molecule is CCOc1ccc(/C=N\N(CC)c2cc(=O)n(C)c(=O)[nH]2)cc1OC.